The molecule has 1 fully saturated rings. The minimum atomic E-state index is -0.0822. The molecule has 146 valence electrons. The molecule has 7 heteroatoms. The van der Waals surface area contributed by atoms with Gasteiger partial charge in [-0.3, -0.25) is 9.69 Å². The summed E-state index contributed by atoms with van der Waals surface area (Å²) >= 11 is 18.9. The van der Waals surface area contributed by atoms with Gasteiger partial charge in [-0.2, -0.15) is 0 Å². The predicted molar refractivity (Wildman–Crippen MR) is 128 cm³/mol. The lowest BCUT2D eigenvalue weighted by Crippen LogP contribution is -2.27. The molecule has 1 aliphatic rings. The van der Waals surface area contributed by atoms with Crippen molar-refractivity contribution in [2.24, 2.45) is 0 Å². The Morgan fingerprint density at radius 1 is 1.14 bits per heavy atom. The van der Waals surface area contributed by atoms with E-state index in [4.69, 9.17) is 35.4 Å². The molecule has 3 nitrogen and oxygen atoms in total. The molecule has 2 heterocycles. The fourth-order valence-corrected chi connectivity index (χ4v) is 4.87. The van der Waals surface area contributed by atoms with Crippen molar-refractivity contribution in [3.63, 3.8) is 0 Å². The molecule has 0 atom stereocenters. The number of carbonyl (C=O) groups excluding carboxylic acids is 1. The highest BCUT2D eigenvalue weighted by Crippen LogP contribution is 2.34. The number of nitrogens with zero attached hydrogens (tertiary/aromatic N) is 2. The van der Waals surface area contributed by atoms with Crippen molar-refractivity contribution < 1.29 is 4.79 Å². The van der Waals surface area contributed by atoms with Gasteiger partial charge in [0, 0.05) is 35.8 Å². The Balaban J connectivity index is 1.73. The summed E-state index contributed by atoms with van der Waals surface area (Å²) in [5.74, 6) is -0.0822. The minimum absolute atomic E-state index is 0.0822. The van der Waals surface area contributed by atoms with E-state index in [1.54, 1.807) is 17.0 Å². The second-order valence-electron chi connectivity index (χ2n) is 6.56. The Morgan fingerprint density at radius 2 is 1.93 bits per heavy atom. The van der Waals surface area contributed by atoms with Crippen molar-refractivity contribution in [3.8, 4) is 0 Å². The fourth-order valence-electron chi connectivity index (χ4n) is 3.28. The van der Waals surface area contributed by atoms with Crippen LogP contribution in [0, 0.1) is 0 Å². The normalized spacial score (nSPS) is 15.7. The van der Waals surface area contributed by atoms with Crippen molar-refractivity contribution in [2.45, 2.75) is 6.54 Å². The van der Waals surface area contributed by atoms with E-state index >= 15 is 0 Å². The molecule has 0 aliphatic carbocycles. The minimum Gasteiger partial charge on any atom is -0.342 e. The summed E-state index contributed by atoms with van der Waals surface area (Å²) in [4.78, 5) is 14.9. The highest BCUT2D eigenvalue weighted by Gasteiger charge is 2.31. The molecule has 4 rings (SSSR count). The lowest BCUT2D eigenvalue weighted by molar-refractivity contribution is -0.121. The first-order chi connectivity index (χ1) is 14.0. The molecule has 0 spiro atoms. The van der Waals surface area contributed by atoms with Crippen LogP contribution in [0.3, 0.4) is 0 Å². The molecule has 2 aromatic carbocycles. The van der Waals surface area contributed by atoms with Gasteiger partial charge in [-0.05, 0) is 29.8 Å². The Morgan fingerprint density at radius 3 is 2.69 bits per heavy atom. The maximum Gasteiger partial charge on any atom is 0.266 e. The standard InChI is InChI=1S/C22H16Cl2N2OS2/c1-2-9-26-21(27)20(29-22(26)28)11-15-13-25(19-6-4-3-5-16(15)19)12-14-7-8-17(23)18(24)10-14/h2-8,10-11,13H,1,9,12H2. The van der Waals surface area contributed by atoms with Crippen LogP contribution in [0.15, 0.2) is 66.2 Å². The largest absolute Gasteiger partial charge is 0.342 e. The number of fused-ring (bicyclic) bond motifs is 1. The van der Waals surface area contributed by atoms with Gasteiger partial charge in [-0.1, -0.05) is 77.5 Å². The first-order valence-electron chi connectivity index (χ1n) is 8.86. The van der Waals surface area contributed by atoms with Gasteiger partial charge in [0.1, 0.15) is 4.32 Å². The Bertz CT molecular complexity index is 1180. The second kappa shape index (κ2) is 8.36. The Labute approximate surface area is 188 Å². The number of rotatable bonds is 5. The van der Waals surface area contributed by atoms with Gasteiger partial charge in [0.05, 0.1) is 15.0 Å². The number of aromatic nitrogens is 1. The van der Waals surface area contributed by atoms with E-state index in [0.717, 1.165) is 22.0 Å². The van der Waals surface area contributed by atoms with Gasteiger partial charge in [0.25, 0.3) is 5.91 Å². The quantitative estimate of drug-likeness (QED) is 0.251. The molecule has 1 amide bonds. The van der Waals surface area contributed by atoms with Gasteiger partial charge in [0.15, 0.2) is 0 Å². The summed E-state index contributed by atoms with van der Waals surface area (Å²) in [5, 5.41) is 2.14. The van der Waals surface area contributed by atoms with E-state index in [1.807, 2.05) is 36.5 Å². The number of thiocarbonyl (C=S) groups is 1. The summed E-state index contributed by atoms with van der Waals surface area (Å²) in [7, 11) is 0. The summed E-state index contributed by atoms with van der Waals surface area (Å²) in [5.41, 5.74) is 3.09. The maximum atomic E-state index is 12.7. The van der Waals surface area contributed by atoms with Gasteiger partial charge in [-0.25, -0.2) is 0 Å². The number of thioether (sulfide) groups is 1. The number of halogens is 2. The van der Waals surface area contributed by atoms with E-state index < -0.39 is 0 Å². The maximum absolute atomic E-state index is 12.7. The highest BCUT2D eigenvalue weighted by molar-refractivity contribution is 8.26. The monoisotopic (exact) mass is 458 g/mol. The fraction of sp³-hybridized carbons (Fsp3) is 0.0909. The third-order valence-electron chi connectivity index (χ3n) is 4.63. The molecular formula is C22H16Cl2N2OS2. The molecule has 0 N–H and O–H groups in total. The van der Waals surface area contributed by atoms with E-state index in [-0.39, 0.29) is 5.91 Å². The number of hydrogen-bond donors (Lipinski definition) is 0. The van der Waals surface area contributed by atoms with Crippen LogP contribution in [0.5, 0.6) is 0 Å². The van der Waals surface area contributed by atoms with Crippen molar-refractivity contribution in [2.75, 3.05) is 6.54 Å². The van der Waals surface area contributed by atoms with E-state index in [9.17, 15) is 4.79 Å². The molecule has 1 aromatic heterocycles. The van der Waals surface area contributed by atoms with Gasteiger partial charge in [-0.15, -0.1) is 6.58 Å². The third-order valence-corrected chi connectivity index (χ3v) is 6.75. The molecule has 0 bridgehead atoms. The van der Waals surface area contributed by atoms with E-state index in [0.29, 0.717) is 32.4 Å². The van der Waals surface area contributed by atoms with E-state index in [1.165, 1.54) is 11.8 Å². The smallest absolute Gasteiger partial charge is 0.266 e. The lowest BCUT2D eigenvalue weighted by atomic mass is 10.1. The first-order valence-corrected chi connectivity index (χ1v) is 10.8. The molecule has 1 aliphatic heterocycles. The van der Waals surface area contributed by atoms with E-state index in [2.05, 4.69) is 23.3 Å². The number of amides is 1. The Hall–Kier alpha value is -2.05. The second-order valence-corrected chi connectivity index (χ2v) is 9.05. The summed E-state index contributed by atoms with van der Waals surface area (Å²) < 4.78 is 2.70. The topological polar surface area (TPSA) is 25.2 Å². The van der Waals surface area contributed by atoms with Crippen molar-refractivity contribution in [1.29, 1.82) is 0 Å². The molecule has 0 saturated carbocycles. The zero-order valence-electron chi connectivity index (χ0n) is 15.3. The van der Waals surface area contributed by atoms with Crippen LogP contribution in [-0.4, -0.2) is 26.2 Å². The van der Waals surface area contributed by atoms with Crippen LogP contribution >= 0.6 is 47.2 Å². The highest BCUT2D eigenvalue weighted by atomic mass is 35.5. The van der Waals surface area contributed by atoms with Crippen LogP contribution in [-0.2, 0) is 11.3 Å². The third kappa shape index (κ3) is 4.01. The van der Waals surface area contributed by atoms with Gasteiger partial charge >= 0.3 is 0 Å². The van der Waals surface area contributed by atoms with Gasteiger partial charge < -0.3 is 4.57 Å². The van der Waals surface area contributed by atoms with Crippen LogP contribution in [0.1, 0.15) is 11.1 Å². The van der Waals surface area contributed by atoms with Crippen molar-refractivity contribution >= 4 is 74.4 Å². The first kappa shape index (κ1) is 20.2. The van der Waals surface area contributed by atoms with Crippen LogP contribution in [0.2, 0.25) is 10.0 Å². The zero-order chi connectivity index (χ0) is 20.5. The summed E-state index contributed by atoms with van der Waals surface area (Å²) in [6.07, 6.45) is 5.64. The van der Waals surface area contributed by atoms with Crippen molar-refractivity contribution in [1.82, 2.24) is 9.47 Å². The number of carbonyl (C=O) groups is 1. The lowest BCUT2D eigenvalue weighted by Gasteiger charge is -2.10. The van der Waals surface area contributed by atoms with Crippen molar-refractivity contribution in [3.05, 3.63) is 87.4 Å². The molecule has 29 heavy (non-hydrogen) atoms. The summed E-state index contributed by atoms with van der Waals surface area (Å²) in [6, 6.07) is 13.7. The van der Waals surface area contributed by atoms with Crippen LogP contribution in [0.4, 0.5) is 0 Å². The average Bonchev–Trinajstić information content (AvgIpc) is 3.18. The molecule has 3 aromatic rings. The number of hydrogen-bond acceptors (Lipinski definition) is 3. The van der Waals surface area contributed by atoms with Gasteiger partial charge in [0.2, 0.25) is 0 Å². The molecule has 0 radical (unpaired) electrons. The molecular weight excluding hydrogens is 443 g/mol. The number of benzene rings is 2. The average molecular weight is 459 g/mol. The van der Waals surface area contributed by atoms with Crippen LogP contribution < -0.4 is 0 Å². The zero-order valence-corrected chi connectivity index (χ0v) is 18.4. The molecule has 0 unspecified atom stereocenters. The van der Waals surface area contributed by atoms with Crippen LogP contribution in [0.25, 0.3) is 17.0 Å². The summed E-state index contributed by atoms with van der Waals surface area (Å²) in [6.45, 7) is 4.75. The predicted octanol–water partition coefficient (Wildman–Crippen LogP) is 6.38. The molecule has 1 saturated heterocycles. The number of para-hydroxylation sites is 1. The Kier molecular flexibility index (Phi) is 5.83. The SMILES string of the molecule is C=CCN1C(=O)C(=Cc2cn(Cc3ccc(Cl)c(Cl)c3)c3ccccc23)SC1=S.